The van der Waals surface area contributed by atoms with Crippen molar-refractivity contribution in [3.8, 4) is 0 Å². The average molecular weight is 417 g/mol. The molecule has 1 saturated carbocycles. The van der Waals surface area contributed by atoms with Gasteiger partial charge in [-0.1, -0.05) is 12.1 Å². The Kier molecular flexibility index (Phi) is 5.06. The van der Waals surface area contributed by atoms with E-state index in [0.717, 1.165) is 18.5 Å². The number of hydrogen-bond acceptors (Lipinski definition) is 5. The molecular weight excluding hydrogens is 399 g/mol. The summed E-state index contributed by atoms with van der Waals surface area (Å²) in [5.41, 5.74) is -0.335. The molecule has 10 heteroatoms. The molecule has 1 heterocycles. The number of aromatic nitrogens is 2. The van der Waals surface area contributed by atoms with Crippen molar-refractivity contribution >= 4 is 22.9 Å². The lowest BCUT2D eigenvalue weighted by molar-refractivity contribution is -0.384. The van der Waals surface area contributed by atoms with Gasteiger partial charge in [-0.25, -0.2) is 13.2 Å². The van der Waals surface area contributed by atoms with E-state index in [1.54, 1.807) is 13.0 Å². The maximum atomic E-state index is 15.2. The molecule has 0 amide bonds. The molecule has 0 bridgehead atoms. The molecule has 4 rings (SSSR count). The second kappa shape index (κ2) is 7.69. The van der Waals surface area contributed by atoms with Crippen LogP contribution in [-0.4, -0.2) is 15.1 Å². The first-order valence-corrected chi connectivity index (χ1v) is 9.34. The third-order valence-corrected chi connectivity index (χ3v) is 4.99. The number of nitrogens with zero attached hydrogens (tertiary/aromatic N) is 2. The normalized spacial score (nSPS) is 14.4. The molecule has 30 heavy (non-hydrogen) atoms. The van der Waals surface area contributed by atoms with Crippen molar-refractivity contribution in [1.29, 1.82) is 0 Å². The Labute approximate surface area is 169 Å². The lowest BCUT2D eigenvalue weighted by Crippen LogP contribution is -2.12. The number of benzene rings is 2. The van der Waals surface area contributed by atoms with Crippen LogP contribution in [0.5, 0.6) is 0 Å². The second-order valence-electron chi connectivity index (χ2n) is 7.22. The zero-order valence-electron chi connectivity index (χ0n) is 15.9. The largest absolute Gasteiger partial charge is 0.374 e. The minimum absolute atomic E-state index is 0.197. The van der Waals surface area contributed by atoms with Gasteiger partial charge in [-0.2, -0.15) is 5.10 Å². The smallest absolute Gasteiger partial charge is 0.298 e. The highest BCUT2D eigenvalue weighted by Gasteiger charge is 2.29. The minimum atomic E-state index is -1.15. The number of nitro benzene ring substituents is 1. The Hall–Kier alpha value is -3.56. The fourth-order valence-corrected chi connectivity index (χ4v) is 3.19. The Balaban J connectivity index is 1.67. The summed E-state index contributed by atoms with van der Waals surface area (Å²) in [5, 5.41) is 23.5. The van der Waals surface area contributed by atoms with Crippen molar-refractivity contribution in [1.82, 2.24) is 10.2 Å². The maximum absolute atomic E-state index is 15.2. The quantitative estimate of drug-likeness (QED) is 0.347. The van der Waals surface area contributed by atoms with Crippen LogP contribution in [0, 0.1) is 27.6 Å². The van der Waals surface area contributed by atoms with Gasteiger partial charge in [-0.05, 0) is 37.5 Å². The number of aromatic amines is 1. The summed E-state index contributed by atoms with van der Waals surface area (Å²) in [6, 6.07) is 7.15. The molecule has 0 spiro atoms. The van der Waals surface area contributed by atoms with E-state index >= 15 is 4.39 Å². The highest BCUT2D eigenvalue weighted by atomic mass is 19.1. The molecule has 3 N–H and O–H groups in total. The Morgan fingerprint density at radius 3 is 2.50 bits per heavy atom. The van der Waals surface area contributed by atoms with Crippen LogP contribution in [0.2, 0.25) is 0 Å². The van der Waals surface area contributed by atoms with E-state index in [0.29, 0.717) is 17.5 Å². The summed E-state index contributed by atoms with van der Waals surface area (Å²) in [6.45, 7) is 1.64. The van der Waals surface area contributed by atoms with Crippen LogP contribution < -0.4 is 10.6 Å². The van der Waals surface area contributed by atoms with Crippen molar-refractivity contribution in [2.24, 2.45) is 0 Å². The number of H-pyrrole nitrogens is 1. The van der Waals surface area contributed by atoms with Crippen molar-refractivity contribution in [3.05, 3.63) is 75.2 Å². The summed E-state index contributed by atoms with van der Waals surface area (Å²) in [4.78, 5) is 10.5. The monoisotopic (exact) mass is 417 g/mol. The van der Waals surface area contributed by atoms with Gasteiger partial charge in [0.2, 0.25) is 0 Å². The first kappa shape index (κ1) is 19.7. The predicted molar refractivity (Wildman–Crippen MR) is 105 cm³/mol. The van der Waals surface area contributed by atoms with E-state index in [4.69, 9.17) is 0 Å². The third-order valence-electron chi connectivity index (χ3n) is 4.99. The molecule has 0 radical (unpaired) electrons. The van der Waals surface area contributed by atoms with Crippen molar-refractivity contribution in [2.75, 3.05) is 10.6 Å². The molecule has 1 atom stereocenters. The van der Waals surface area contributed by atoms with Crippen molar-refractivity contribution in [2.45, 2.75) is 31.7 Å². The first-order valence-electron chi connectivity index (χ1n) is 9.34. The second-order valence-corrected chi connectivity index (χ2v) is 7.22. The van der Waals surface area contributed by atoms with Crippen LogP contribution in [0.4, 0.5) is 36.1 Å². The van der Waals surface area contributed by atoms with E-state index in [1.807, 2.05) is 0 Å². The molecule has 0 saturated heterocycles. The van der Waals surface area contributed by atoms with E-state index in [1.165, 1.54) is 24.3 Å². The van der Waals surface area contributed by atoms with Crippen LogP contribution in [0.15, 0.2) is 36.4 Å². The number of nitrogens with one attached hydrogen (secondary N) is 3. The fraction of sp³-hybridized carbons (Fsp3) is 0.250. The summed E-state index contributed by atoms with van der Waals surface area (Å²) >= 11 is 0. The summed E-state index contributed by atoms with van der Waals surface area (Å²) in [6.07, 6.45) is 2.03. The van der Waals surface area contributed by atoms with Crippen LogP contribution in [0.3, 0.4) is 0 Å². The van der Waals surface area contributed by atoms with Crippen LogP contribution >= 0.6 is 0 Å². The van der Waals surface area contributed by atoms with Crippen molar-refractivity contribution < 1.29 is 18.1 Å². The minimum Gasteiger partial charge on any atom is -0.374 e. The summed E-state index contributed by atoms with van der Waals surface area (Å²) in [7, 11) is 0. The molecule has 7 nitrogen and oxygen atoms in total. The highest BCUT2D eigenvalue weighted by Crippen LogP contribution is 2.41. The van der Waals surface area contributed by atoms with Gasteiger partial charge < -0.3 is 10.6 Å². The lowest BCUT2D eigenvalue weighted by atomic mass is 10.1. The predicted octanol–water partition coefficient (Wildman–Crippen LogP) is 5.53. The standard InChI is InChI=1S/C20H18F3N5O2/c1-10(11-4-6-13(21)7-5-11)24-19-14(22)8-16(28(29)30)20(18(19)23)25-17-9-15(26-27-17)12-2-3-12/h4-10,12,24H,2-3H2,1H3,(H2,25,26,27). The Bertz CT molecular complexity index is 1100. The zero-order valence-corrected chi connectivity index (χ0v) is 15.9. The van der Waals surface area contributed by atoms with Crippen LogP contribution in [0.25, 0.3) is 0 Å². The molecule has 1 fully saturated rings. The zero-order chi connectivity index (χ0) is 21.4. The topological polar surface area (TPSA) is 95.9 Å². The van der Waals surface area contributed by atoms with E-state index in [-0.39, 0.29) is 5.82 Å². The summed E-state index contributed by atoms with van der Waals surface area (Å²) in [5.74, 6) is -2.14. The van der Waals surface area contributed by atoms with E-state index in [2.05, 4.69) is 20.8 Å². The molecule has 3 aromatic rings. The number of rotatable bonds is 7. The SMILES string of the molecule is CC(Nc1c(F)cc([N+](=O)[O-])c(Nc2cc(C3CC3)[nH]n2)c1F)c1ccc(F)cc1. The van der Waals surface area contributed by atoms with Gasteiger partial charge in [0.15, 0.2) is 23.1 Å². The number of nitro groups is 1. The summed E-state index contributed by atoms with van der Waals surface area (Å²) < 4.78 is 42.8. The third kappa shape index (κ3) is 3.93. The highest BCUT2D eigenvalue weighted by molar-refractivity contribution is 5.74. The van der Waals surface area contributed by atoms with Gasteiger partial charge >= 0.3 is 0 Å². The molecule has 1 unspecified atom stereocenters. The molecule has 1 aliphatic carbocycles. The van der Waals surface area contributed by atoms with Gasteiger partial charge in [-0.15, -0.1) is 0 Å². The molecule has 2 aromatic carbocycles. The maximum Gasteiger partial charge on any atom is 0.298 e. The van der Waals surface area contributed by atoms with Gasteiger partial charge in [0.05, 0.1) is 11.0 Å². The molecule has 156 valence electrons. The van der Waals surface area contributed by atoms with E-state index in [9.17, 15) is 18.9 Å². The van der Waals surface area contributed by atoms with Gasteiger partial charge in [-0.3, -0.25) is 15.2 Å². The average Bonchev–Trinajstić information content (AvgIpc) is 3.46. The van der Waals surface area contributed by atoms with Crippen molar-refractivity contribution in [3.63, 3.8) is 0 Å². The molecule has 0 aliphatic heterocycles. The molecular formula is C20H18F3N5O2. The van der Waals surface area contributed by atoms with E-state index < -0.39 is 45.5 Å². The first-order chi connectivity index (χ1) is 14.3. The molecule has 1 aromatic heterocycles. The van der Waals surface area contributed by atoms with Gasteiger partial charge in [0, 0.05) is 23.7 Å². The number of anilines is 3. The Morgan fingerprint density at radius 1 is 1.17 bits per heavy atom. The number of halogens is 3. The van der Waals surface area contributed by atoms with Crippen LogP contribution in [-0.2, 0) is 0 Å². The molecule has 1 aliphatic rings. The number of hydrogen-bond donors (Lipinski definition) is 3. The van der Waals surface area contributed by atoms with Gasteiger partial charge in [0.1, 0.15) is 11.5 Å². The van der Waals surface area contributed by atoms with Crippen LogP contribution in [0.1, 0.15) is 43.0 Å². The lowest BCUT2D eigenvalue weighted by Gasteiger charge is -2.18. The Morgan fingerprint density at radius 2 is 1.87 bits per heavy atom. The van der Waals surface area contributed by atoms with Gasteiger partial charge in [0.25, 0.3) is 5.69 Å². The fourth-order valence-electron chi connectivity index (χ4n) is 3.19.